The molecular weight excluding hydrogens is 545 g/mol. The first kappa shape index (κ1) is 30.0. The summed E-state index contributed by atoms with van der Waals surface area (Å²) in [5, 5.41) is 3.13. The van der Waals surface area contributed by atoms with Crippen LogP contribution >= 0.6 is 0 Å². The molecular formula is C31H36FN3O5S. The lowest BCUT2D eigenvalue weighted by Gasteiger charge is -2.34. The van der Waals surface area contributed by atoms with E-state index in [1.54, 1.807) is 18.2 Å². The fraction of sp³-hybridized carbons (Fsp3) is 0.355. The molecule has 0 aliphatic heterocycles. The van der Waals surface area contributed by atoms with E-state index in [0.29, 0.717) is 11.3 Å². The number of rotatable bonds is 12. The van der Waals surface area contributed by atoms with Crippen molar-refractivity contribution in [2.45, 2.75) is 50.7 Å². The van der Waals surface area contributed by atoms with Crippen LogP contribution in [0.15, 0.2) is 78.9 Å². The molecule has 0 radical (unpaired) electrons. The van der Waals surface area contributed by atoms with Crippen LogP contribution in [0.1, 0.15) is 36.8 Å². The number of ether oxygens (including phenoxy) is 1. The molecule has 3 aromatic carbocycles. The molecule has 0 bridgehead atoms. The Hall–Kier alpha value is -3.92. The Morgan fingerprint density at radius 2 is 1.66 bits per heavy atom. The molecule has 1 atom stereocenters. The summed E-state index contributed by atoms with van der Waals surface area (Å²) < 4.78 is 45.9. The van der Waals surface area contributed by atoms with Crippen molar-refractivity contribution in [3.63, 3.8) is 0 Å². The zero-order chi connectivity index (χ0) is 29.4. The Morgan fingerprint density at radius 1 is 0.976 bits per heavy atom. The second-order valence-electron chi connectivity index (χ2n) is 10.3. The van der Waals surface area contributed by atoms with Crippen LogP contribution < -0.4 is 14.4 Å². The highest BCUT2D eigenvalue weighted by Crippen LogP contribution is 2.23. The van der Waals surface area contributed by atoms with Gasteiger partial charge in [-0.3, -0.25) is 13.9 Å². The summed E-state index contributed by atoms with van der Waals surface area (Å²) in [4.78, 5) is 29.4. The van der Waals surface area contributed by atoms with Crippen LogP contribution in [0, 0.1) is 5.82 Å². The molecule has 0 saturated heterocycles. The number of nitrogens with zero attached hydrogens (tertiary/aromatic N) is 2. The van der Waals surface area contributed by atoms with E-state index in [2.05, 4.69) is 5.32 Å². The summed E-state index contributed by atoms with van der Waals surface area (Å²) in [7, 11) is -2.43. The van der Waals surface area contributed by atoms with Gasteiger partial charge in [0.1, 0.15) is 24.2 Å². The van der Waals surface area contributed by atoms with Gasteiger partial charge >= 0.3 is 0 Å². The van der Waals surface area contributed by atoms with Gasteiger partial charge in [-0.05, 0) is 54.3 Å². The third-order valence-corrected chi connectivity index (χ3v) is 8.38. The Kier molecular flexibility index (Phi) is 9.99. The fourth-order valence-electron chi connectivity index (χ4n) is 5.13. The van der Waals surface area contributed by atoms with Crippen LogP contribution in [0.5, 0.6) is 5.75 Å². The Morgan fingerprint density at radius 3 is 2.32 bits per heavy atom. The van der Waals surface area contributed by atoms with Gasteiger partial charge in [0.05, 0.1) is 19.1 Å². The van der Waals surface area contributed by atoms with Crippen molar-refractivity contribution in [1.82, 2.24) is 10.2 Å². The van der Waals surface area contributed by atoms with Crippen LogP contribution in [-0.2, 0) is 32.6 Å². The predicted molar refractivity (Wildman–Crippen MR) is 156 cm³/mol. The molecule has 0 aromatic heterocycles. The summed E-state index contributed by atoms with van der Waals surface area (Å²) in [5.41, 5.74) is 1.59. The monoisotopic (exact) mass is 581 g/mol. The van der Waals surface area contributed by atoms with Gasteiger partial charge in [-0.15, -0.1) is 0 Å². The van der Waals surface area contributed by atoms with Gasteiger partial charge in [0.2, 0.25) is 21.8 Å². The molecule has 0 heterocycles. The summed E-state index contributed by atoms with van der Waals surface area (Å²) in [6.45, 7) is -0.569. The average molecular weight is 582 g/mol. The van der Waals surface area contributed by atoms with E-state index in [4.69, 9.17) is 4.74 Å². The number of hydrogen-bond acceptors (Lipinski definition) is 5. The third-order valence-electron chi connectivity index (χ3n) is 7.24. The van der Waals surface area contributed by atoms with E-state index >= 15 is 0 Å². The van der Waals surface area contributed by atoms with Crippen LogP contribution in [0.2, 0.25) is 0 Å². The van der Waals surface area contributed by atoms with Crippen molar-refractivity contribution in [1.29, 1.82) is 0 Å². The number of sulfonamides is 1. The third kappa shape index (κ3) is 8.29. The lowest BCUT2D eigenvalue weighted by Crippen LogP contribution is -2.54. The number of methoxy groups -OCH3 is 1. The van der Waals surface area contributed by atoms with Crippen molar-refractivity contribution in [3.05, 3.63) is 95.8 Å². The molecule has 8 nitrogen and oxygen atoms in total. The zero-order valence-electron chi connectivity index (χ0n) is 23.3. The lowest BCUT2D eigenvalue weighted by atomic mass is 10.0. The SMILES string of the molecule is COc1cccc(CN(C(=O)CN(c2cccc(F)c2)S(C)(=O)=O)[C@H](Cc2ccccc2)C(=O)NC2CCCC2)c1. The second-order valence-corrected chi connectivity index (χ2v) is 12.2. The maximum absolute atomic E-state index is 14.1. The van der Waals surface area contributed by atoms with Crippen molar-refractivity contribution >= 4 is 27.5 Å². The summed E-state index contributed by atoms with van der Waals surface area (Å²) in [6, 6.07) is 20.7. The zero-order valence-corrected chi connectivity index (χ0v) is 24.1. The number of nitrogens with one attached hydrogen (secondary N) is 1. The highest BCUT2D eigenvalue weighted by molar-refractivity contribution is 7.92. The molecule has 0 spiro atoms. The number of halogens is 1. The molecule has 0 unspecified atom stereocenters. The van der Waals surface area contributed by atoms with E-state index in [9.17, 15) is 22.4 Å². The minimum atomic E-state index is -3.97. The summed E-state index contributed by atoms with van der Waals surface area (Å²) in [6.07, 6.45) is 4.99. The van der Waals surface area contributed by atoms with E-state index in [-0.39, 0.29) is 30.6 Å². The normalized spacial score (nSPS) is 14.3. The molecule has 3 aromatic rings. The second kappa shape index (κ2) is 13.6. The number of carbonyl (C=O) groups is 2. The fourth-order valence-corrected chi connectivity index (χ4v) is 5.98. The predicted octanol–water partition coefficient (Wildman–Crippen LogP) is 4.30. The number of hydrogen-bond donors (Lipinski definition) is 1. The van der Waals surface area contributed by atoms with Crippen LogP contribution in [0.25, 0.3) is 0 Å². The number of benzene rings is 3. The minimum Gasteiger partial charge on any atom is -0.497 e. The maximum Gasteiger partial charge on any atom is 0.244 e. The van der Waals surface area contributed by atoms with Gasteiger partial charge in [0, 0.05) is 19.0 Å². The van der Waals surface area contributed by atoms with Crippen LogP contribution in [-0.4, -0.2) is 57.1 Å². The molecule has 2 amide bonds. The lowest BCUT2D eigenvalue weighted by molar-refractivity contribution is -0.140. The molecule has 41 heavy (non-hydrogen) atoms. The molecule has 1 N–H and O–H groups in total. The maximum atomic E-state index is 14.1. The van der Waals surface area contributed by atoms with Gasteiger partial charge in [-0.1, -0.05) is 61.4 Å². The average Bonchev–Trinajstić information content (AvgIpc) is 3.46. The van der Waals surface area contributed by atoms with Gasteiger partial charge < -0.3 is 15.0 Å². The quantitative estimate of drug-likeness (QED) is 0.344. The van der Waals surface area contributed by atoms with E-state index in [1.165, 1.54) is 30.2 Å². The first-order chi connectivity index (χ1) is 19.6. The van der Waals surface area contributed by atoms with E-state index < -0.39 is 34.3 Å². The number of anilines is 1. The smallest absolute Gasteiger partial charge is 0.244 e. The minimum absolute atomic E-state index is 0.0226. The highest BCUT2D eigenvalue weighted by atomic mass is 32.2. The van der Waals surface area contributed by atoms with E-state index in [0.717, 1.165) is 47.9 Å². The molecule has 1 aliphatic rings. The van der Waals surface area contributed by atoms with E-state index in [1.807, 2.05) is 36.4 Å². The van der Waals surface area contributed by atoms with Crippen molar-refractivity contribution in [3.8, 4) is 5.75 Å². The van der Waals surface area contributed by atoms with Crippen LogP contribution in [0.4, 0.5) is 10.1 Å². The number of amides is 2. The largest absolute Gasteiger partial charge is 0.497 e. The van der Waals surface area contributed by atoms with Gasteiger partial charge in [-0.2, -0.15) is 0 Å². The van der Waals surface area contributed by atoms with Crippen molar-refractivity contribution in [2.75, 3.05) is 24.2 Å². The topological polar surface area (TPSA) is 96.0 Å². The van der Waals surface area contributed by atoms with Crippen molar-refractivity contribution in [2.24, 2.45) is 0 Å². The Labute approximate surface area is 241 Å². The summed E-state index contributed by atoms with van der Waals surface area (Å²) in [5.74, 6) is -0.934. The van der Waals surface area contributed by atoms with Crippen LogP contribution in [0.3, 0.4) is 0 Å². The van der Waals surface area contributed by atoms with Crippen molar-refractivity contribution < 1.29 is 27.1 Å². The molecule has 1 fully saturated rings. The van der Waals surface area contributed by atoms with Gasteiger partial charge in [0.25, 0.3) is 0 Å². The summed E-state index contributed by atoms with van der Waals surface area (Å²) >= 11 is 0. The molecule has 218 valence electrons. The molecule has 1 aliphatic carbocycles. The Balaban J connectivity index is 1.73. The molecule has 1 saturated carbocycles. The molecule has 10 heteroatoms. The van der Waals surface area contributed by atoms with Gasteiger partial charge in [0.15, 0.2) is 0 Å². The molecule has 4 rings (SSSR count). The van der Waals surface area contributed by atoms with Gasteiger partial charge in [-0.25, -0.2) is 12.8 Å². The highest BCUT2D eigenvalue weighted by Gasteiger charge is 2.34. The first-order valence-electron chi connectivity index (χ1n) is 13.6. The Bertz CT molecular complexity index is 1440. The number of carbonyl (C=O) groups excluding carboxylic acids is 2. The first-order valence-corrected chi connectivity index (χ1v) is 15.5. The standard InChI is InChI=1S/C31H36FN3O5S/c1-40-28-17-8-12-24(18-28)21-34(30(36)22-35(41(2,38)39)27-16-9-13-25(32)20-27)29(19-23-10-4-3-5-11-23)31(37)33-26-14-6-7-15-26/h3-5,8-13,16-18,20,26,29H,6-7,14-15,19,21-22H2,1-2H3,(H,33,37)/t29-/m1/s1.